The number of anilines is 1. The van der Waals surface area contributed by atoms with Gasteiger partial charge in [-0.15, -0.1) is 0 Å². The van der Waals surface area contributed by atoms with Gasteiger partial charge < -0.3 is 4.90 Å². The van der Waals surface area contributed by atoms with Crippen LogP contribution < -0.4 is 4.90 Å². The van der Waals surface area contributed by atoms with Gasteiger partial charge in [0.2, 0.25) is 0 Å². The van der Waals surface area contributed by atoms with Crippen molar-refractivity contribution in [1.82, 2.24) is 9.78 Å². The van der Waals surface area contributed by atoms with Gasteiger partial charge in [0.1, 0.15) is 11.6 Å². The number of nitrogens with zero attached hydrogens (tertiary/aromatic N) is 3. The van der Waals surface area contributed by atoms with E-state index in [-0.39, 0.29) is 23.4 Å². The van der Waals surface area contributed by atoms with Gasteiger partial charge >= 0.3 is 0 Å². The lowest BCUT2D eigenvalue weighted by molar-refractivity contribution is -0.114. The van der Waals surface area contributed by atoms with Crippen LogP contribution >= 0.6 is 0 Å². The summed E-state index contributed by atoms with van der Waals surface area (Å²) in [6.07, 6.45) is 3.39. The van der Waals surface area contributed by atoms with Gasteiger partial charge in [-0.2, -0.15) is 5.10 Å². The van der Waals surface area contributed by atoms with Crippen molar-refractivity contribution >= 4 is 17.4 Å². The number of halogens is 2. The number of amides is 1. The minimum absolute atomic E-state index is 0.00221. The van der Waals surface area contributed by atoms with E-state index in [0.717, 1.165) is 11.6 Å². The summed E-state index contributed by atoms with van der Waals surface area (Å²) in [5, 5.41) is 4.05. The number of aromatic nitrogens is 2. The highest BCUT2D eigenvalue weighted by atomic mass is 19.1. The van der Waals surface area contributed by atoms with Gasteiger partial charge in [-0.05, 0) is 29.8 Å². The van der Waals surface area contributed by atoms with Crippen molar-refractivity contribution in [3.63, 3.8) is 0 Å². The molecule has 0 unspecified atom stereocenters. The van der Waals surface area contributed by atoms with E-state index >= 15 is 0 Å². The van der Waals surface area contributed by atoms with E-state index < -0.39 is 23.3 Å². The van der Waals surface area contributed by atoms with Crippen LogP contribution in [-0.4, -0.2) is 21.5 Å². The third-order valence-corrected chi connectivity index (χ3v) is 4.35. The summed E-state index contributed by atoms with van der Waals surface area (Å²) in [5.74, 6) is -2.67. The summed E-state index contributed by atoms with van der Waals surface area (Å²) < 4.78 is 29.5. The first kappa shape index (κ1) is 16.1. The average Bonchev–Trinajstić information content (AvgIpc) is 3.14. The summed E-state index contributed by atoms with van der Waals surface area (Å²) in [5.41, 5.74) is 1.98. The average molecular weight is 353 g/mol. The summed E-state index contributed by atoms with van der Waals surface area (Å²) in [4.78, 5) is 25.4. The molecule has 1 amide bonds. The molecule has 0 saturated heterocycles. The van der Waals surface area contributed by atoms with Crippen LogP contribution in [0.2, 0.25) is 0 Å². The molecule has 0 N–H and O–H groups in total. The quantitative estimate of drug-likeness (QED) is 0.680. The van der Waals surface area contributed by atoms with Gasteiger partial charge in [0.15, 0.2) is 0 Å². The van der Waals surface area contributed by atoms with Gasteiger partial charge in [-0.3, -0.25) is 14.3 Å². The molecular formula is C19H13F2N3O2. The van der Waals surface area contributed by atoms with Crippen molar-refractivity contribution in [2.75, 3.05) is 4.90 Å². The summed E-state index contributed by atoms with van der Waals surface area (Å²) in [6, 6.07) is 8.20. The lowest BCUT2D eigenvalue weighted by atomic mass is 10.1. The van der Waals surface area contributed by atoms with E-state index in [1.54, 1.807) is 36.3 Å². The molecule has 0 fully saturated rings. The van der Waals surface area contributed by atoms with Crippen LogP contribution in [-0.2, 0) is 18.4 Å². The highest BCUT2D eigenvalue weighted by molar-refractivity contribution is 6.52. The molecule has 0 aliphatic carbocycles. The molecule has 26 heavy (non-hydrogen) atoms. The van der Waals surface area contributed by atoms with Crippen LogP contribution in [0.4, 0.5) is 14.5 Å². The van der Waals surface area contributed by atoms with Gasteiger partial charge in [0, 0.05) is 24.4 Å². The molecule has 0 bridgehead atoms. The number of aryl methyl sites for hydroxylation is 1. The third-order valence-electron chi connectivity index (χ3n) is 4.35. The molecule has 2 heterocycles. The molecular weight excluding hydrogens is 340 g/mol. The Labute approximate surface area is 147 Å². The van der Waals surface area contributed by atoms with E-state index in [1.807, 2.05) is 0 Å². The largest absolute Gasteiger partial charge is 0.300 e. The van der Waals surface area contributed by atoms with Crippen LogP contribution in [0.5, 0.6) is 0 Å². The molecule has 5 nitrogen and oxygen atoms in total. The number of carbonyl (C=O) groups is 2. The molecule has 1 aromatic heterocycles. The predicted octanol–water partition coefficient (Wildman–Crippen LogP) is 3.09. The smallest absolute Gasteiger partial charge is 0.299 e. The van der Waals surface area contributed by atoms with Gasteiger partial charge in [0.05, 0.1) is 24.0 Å². The molecule has 4 rings (SSSR count). The first-order valence-corrected chi connectivity index (χ1v) is 7.87. The molecule has 1 aliphatic rings. The van der Waals surface area contributed by atoms with Gasteiger partial charge in [-0.25, -0.2) is 8.78 Å². The molecule has 0 radical (unpaired) electrons. The normalized spacial score (nSPS) is 13.4. The standard InChI is InChI=1S/C19H13F2N3O2/c1-23-9-13(8-22-23)11-2-3-12(16(21)6-11)10-24-17-5-4-14(20)7-15(17)18(25)19(24)26/h2-9H,10H2,1H3. The molecule has 0 spiro atoms. The van der Waals surface area contributed by atoms with Crippen molar-refractivity contribution in [3.8, 4) is 11.1 Å². The zero-order valence-electron chi connectivity index (χ0n) is 13.7. The number of carbonyl (C=O) groups excluding carboxylic acids is 2. The highest BCUT2D eigenvalue weighted by Crippen LogP contribution is 2.32. The molecule has 0 atom stereocenters. The maximum Gasteiger partial charge on any atom is 0.299 e. The summed E-state index contributed by atoms with van der Waals surface area (Å²) in [7, 11) is 1.77. The summed E-state index contributed by atoms with van der Waals surface area (Å²) in [6.45, 7) is -0.109. The van der Waals surface area contributed by atoms with Crippen molar-refractivity contribution in [2.24, 2.45) is 7.05 Å². The number of hydrogen-bond acceptors (Lipinski definition) is 3. The van der Waals surface area contributed by atoms with E-state index in [2.05, 4.69) is 5.10 Å². The predicted molar refractivity (Wildman–Crippen MR) is 90.5 cm³/mol. The SMILES string of the molecule is Cn1cc(-c2ccc(CN3C(=O)C(=O)c4cc(F)ccc43)c(F)c2)cn1. The number of fused-ring (bicyclic) bond motifs is 1. The minimum atomic E-state index is -0.790. The third kappa shape index (κ3) is 2.57. The topological polar surface area (TPSA) is 55.2 Å². The Kier molecular flexibility index (Phi) is 3.64. The van der Waals surface area contributed by atoms with E-state index in [0.29, 0.717) is 5.56 Å². The zero-order chi connectivity index (χ0) is 18.4. The Bertz CT molecular complexity index is 1060. The van der Waals surface area contributed by atoms with Crippen LogP contribution in [0.15, 0.2) is 48.8 Å². The van der Waals surface area contributed by atoms with Crippen molar-refractivity contribution in [2.45, 2.75) is 6.54 Å². The Morgan fingerprint density at radius 3 is 2.54 bits per heavy atom. The fourth-order valence-corrected chi connectivity index (χ4v) is 3.03. The monoisotopic (exact) mass is 353 g/mol. The zero-order valence-corrected chi connectivity index (χ0v) is 13.7. The summed E-state index contributed by atoms with van der Waals surface area (Å²) >= 11 is 0. The molecule has 1 aliphatic heterocycles. The number of hydrogen-bond donors (Lipinski definition) is 0. The number of rotatable bonds is 3. The molecule has 2 aromatic carbocycles. The van der Waals surface area contributed by atoms with Crippen LogP contribution in [0.3, 0.4) is 0 Å². The number of Topliss-reactive ketones (excluding diaryl/α,β-unsaturated/α-hetero) is 1. The Balaban J connectivity index is 1.66. The highest BCUT2D eigenvalue weighted by Gasteiger charge is 2.36. The second-order valence-electron chi connectivity index (χ2n) is 6.09. The number of ketones is 1. The Hall–Kier alpha value is -3.35. The minimum Gasteiger partial charge on any atom is -0.300 e. The second kappa shape index (κ2) is 5.87. The van der Waals surface area contributed by atoms with Crippen LogP contribution in [0.1, 0.15) is 15.9 Å². The van der Waals surface area contributed by atoms with Crippen LogP contribution in [0.25, 0.3) is 11.1 Å². The molecule has 0 saturated carbocycles. The fourth-order valence-electron chi connectivity index (χ4n) is 3.03. The van der Waals surface area contributed by atoms with Gasteiger partial charge in [-0.1, -0.05) is 12.1 Å². The maximum atomic E-state index is 14.6. The Morgan fingerprint density at radius 1 is 1.04 bits per heavy atom. The first-order valence-electron chi connectivity index (χ1n) is 7.87. The maximum absolute atomic E-state index is 14.6. The van der Waals surface area contributed by atoms with Gasteiger partial charge in [0.25, 0.3) is 11.7 Å². The van der Waals surface area contributed by atoms with E-state index in [1.165, 1.54) is 23.1 Å². The van der Waals surface area contributed by atoms with E-state index in [4.69, 9.17) is 0 Å². The molecule has 3 aromatic rings. The van der Waals surface area contributed by atoms with Crippen molar-refractivity contribution < 1.29 is 18.4 Å². The lowest BCUT2D eigenvalue weighted by Gasteiger charge is -2.17. The molecule has 130 valence electrons. The van der Waals surface area contributed by atoms with E-state index in [9.17, 15) is 18.4 Å². The second-order valence-corrected chi connectivity index (χ2v) is 6.09. The lowest BCUT2D eigenvalue weighted by Crippen LogP contribution is -2.29. The van der Waals surface area contributed by atoms with Crippen molar-refractivity contribution in [1.29, 1.82) is 0 Å². The Morgan fingerprint density at radius 2 is 1.85 bits per heavy atom. The first-order chi connectivity index (χ1) is 12.4. The van der Waals surface area contributed by atoms with Crippen molar-refractivity contribution in [3.05, 3.63) is 71.6 Å². The number of benzene rings is 2. The van der Waals surface area contributed by atoms with Crippen LogP contribution in [0, 0.1) is 11.6 Å². The molecule has 7 heteroatoms. The fraction of sp³-hybridized carbons (Fsp3) is 0.105.